The largest absolute Gasteiger partial charge is 0.492 e. The van der Waals surface area contributed by atoms with Crippen molar-refractivity contribution in [1.29, 1.82) is 0 Å². The summed E-state index contributed by atoms with van der Waals surface area (Å²) in [5.74, 6) is 0.808. The van der Waals surface area contributed by atoms with E-state index >= 15 is 4.39 Å². The highest BCUT2D eigenvalue weighted by Crippen LogP contribution is 2.44. The number of sulfone groups is 1. The van der Waals surface area contributed by atoms with Crippen LogP contribution in [0.15, 0.2) is 51.5 Å². The van der Waals surface area contributed by atoms with Crippen LogP contribution < -0.4 is 10.1 Å². The fourth-order valence-corrected chi connectivity index (χ4v) is 6.22. The molecule has 1 fully saturated rings. The van der Waals surface area contributed by atoms with Crippen LogP contribution in [0.3, 0.4) is 0 Å². The van der Waals surface area contributed by atoms with Gasteiger partial charge in [-0.2, -0.15) is 10.2 Å². The molecule has 0 spiro atoms. The summed E-state index contributed by atoms with van der Waals surface area (Å²) in [5, 5.41) is 12.9. The first-order chi connectivity index (χ1) is 19.0. The lowest BCUT2D eigenvalue weighted by atomic mass is 10.0. The fourth-order valence-electron chi connectivity index (χ4n) is 4.69. The maximum Gasteiger partial charge on any atom is 0.176 e. The molecule has 5 rings (SSSR count). The molecule has 0 amide bonds. The molecule has 13 heteroatoms. The molecule has 1 atom stereocenters. The Morgan fingerprint density at radius 2 is 2.02 bits per heavy atom. The van der Waals surface area contributed by atoms with Crippen molar-refractivity contribution >= 4 is 33.2 Å². The summed E-state index contributed by atoms with van der Waals surface area (Å²) in [7, 11) is -0.153. The number of nitrogens with zero attached hydrogens (tertiary/aromatic N) is 5. The summed E-state index contributed by atoms with van der Waals surface area (Å²) in [6.07, 6.45) is 7.54. The van der Waals surface area contributed by atoms with Crippen LogP contribution in [-0.2, 0) is 21.6 Å². The van der Waals surface area contributed by atoms with Crippen molar-refractivity contribution in [3.8, 4) is 16.9 Å². The molecule has 40 heavy (non-hydrogen) atoms. The number of ether oxygens (including phenoxy) is 2. The lowest BCUT2D eigenvalue weighted by molar-refractivity contribution is -0.0404. The predicted molar refractivity (Wildman–Crippen MR) is 150 cm³/mol. The maximum absolute atomic E-state index is 15.1. The minimum Gasteiger partial charge on any atom is -0.492 e. The quantitative estimate of drug-likeness (QED) is 0.288. The highest BCUT2D eigenvalue weighted by molar-refractivity contribution is 7.99. The van der Waals surface area contributed by atoms with E-state index in [2.05, 4.69) is 10.4 Å². The van der Waals surface area contributed by atoms with E-state index in [1.165, 1.54) is 12.1 Å². The highest BCUT2D eigenvalue weighted by atomic mass is 32.2. The van der Waals surface area contributed by atoms with Gasteiger partial charge in [0.05, 0.1) is 18.2 Å². The predicted octanol–water partition coefficient (Wildman–Crippen LogP) is 5.44. The standard InChI is InChI=1S/C27H31FN6O4S2/c1-16-12-22(32-34(16)23-8-6-7-11-38-23)30-26-25(37-4)24(18-14-29-33(3)15-18)17(2)27(31-26)39-21-10-9-19(13-20(21)28)40(5,35)36/h9-10,12-15,23H,6-8,11H2,1-5H3,(H,30,31,32). The number of aryl methyl sites for hydroxylation is 2. The van der Waals surface area contributed by atoms with Crippen molar-refractivity contribution in [3.05, 3.63) is 53.7 Å². The Hall–Kier alpha value is -3.42. The molecule has 1 N–H and O–H groups in total. The summed E-state index contributed by atoms with van der Waals surface area (Å²) in [6, 6.07) is 5.79. The molecule has 10 nitrogen and oxygen atoms in total. The van der Waals surface area contributed by atoms with Gasteiger partial charge in [0, 0.05) is 53.9 Å². The van der Waals surface area contributed by atoms with Gasteiger partial charge in [0.1, 0.15) is 10.8 Å². The Labute approximate surface area is 236 Å². The number of nitrogens with one attached hydrogen (secondary N) is 1. The first-order valence-electron chi connectivity index (χ1n) is 12.7. The third-order valence-corrected chi connectivity index (χ3v) is 8.94. The summed E-state index contributed by atoms with van der Waals surface area (Å²) >= 11 is 1.10. The van der Waals surface area contributed by atoms with E-state index in [0.29, 0.717) is 29.0 Å². The number of aromatic nitrogens is 5. The Bertz CT molecular complexity index is 1660. The van der Waals surface area contributed by atoms with Crippen LogP contribution in [0.1, 0.15) is 36.7 Å². The normalized spacial score (nSPS) is 15.8. The number of hydrogen-bond donors (Lipinski definition) is 1. The first-order valence-corrected chi connectivity index (χ1v) is 15.5. The monoisotopic (exact) mass is 586 g/mol. The maximum atomic E-state index is 15.1. The van der Waals surface area contributed by atoms with Gasteiger partial charge in [-0.15, -0.1) is 0 Å². The van der Waals surface area contributed by atoms with Crippen LogP contribution in [0.5, 0.6) is 5.75 Å². The van der Waals surface area contributed by atoms with Crippen LogP contribution >= 0.6 is 11.8 Å². The zero-order valence-corrected chi connectivity index (χ0v) is 24.6. The molecule has 4 aromatic rings. The third-order valence-electron chi connectivity index (χ3n) is 6.68. The van der Waals surface area contributed by atoms with E-state index in [9.17, 15) is 8.42 Å². The second-order valence-electron chi connectivity index (χ2n) is 9.73. The van der Waals surface area contributed by atoms with Crippen molar-refractivity contribution in [2.75, 3.05) is 25.3 Å². The van der Waals surface area contributed by atoms with Gasteiger partial charge in [0.25, 0.3) is 0 Å². The minimum absolute atomic E-state index is 0.0833. The van der Waals surface area contributed by atoms with Gasteiger partial charge >= 0.3 is 0 Å². The van der Waals surface area contributed by atoms with E-state index in [-0.39, 0.29) is 16.0 Å². The summed E-state index contributed by atoms with van der Waals surface area (Å²) in [6.45, 7) is 4.56. The van der Waals surface area contributed by atoms with Gasteiger partial charge in [-0.1, -0.05) is 11.8 Å². The zero-order valence-electron chi connectivity index (χ0n) is 22.9. The van der Waals surface area contributed by atoms with E-state index < -0.39 is 15.7 Å². The summed E-state index contributed by atoms with van der Waals surface area (Å²) in [4.78, 5) is 4.98. The molecule has 0 saturated carbocycles. The van der Waals surface area contributed by atoms with Crippen molar-refractivity contribution in [2.45, 2.75) is 54.2 Å². The first kappa shape index (κ1) is 28.1. The Morgan fingerprint density at radius 3 is 2.65 bits per heavy atom. The Morgan fingerprint density at radius 1 is 1.23 bits per heavy atom. The van der Waals surface area contributed by atoms with Crippen LogP contribution in [0.4, 0.5) is 16.0 Å². The van der Waals surface area contributed by atoms with E-state index in [4.69, 9.17) is 19.6 Å². The molecular weight excluding hydrogens is 555 g/mol. The van der Waals surface area contributed by atoms with Crippen LogP contribution in [0.2, 0.25) is 0 Å². The van der Waals surface area contributed by atoms with Gasteiger partial charge in [0.15, 0.2) is 33.5 Å². The number of benzene rings is 1. The lowest BCUT2D eigenvalue weighted by Crippen LogP contribution is -2.20. The SMILES string of the molecule is COc1c(Nc2cc(C)n(C3CCCCO3)n2)nc(Sc2ccc(S(C)(=O)=O)cc2F)c(C)c1-c1cnn(C)c1. The molecular formula is C27H31FN6O4S2. The van der Waals surface area contributed by atoms with Crippen LogP contribution in [0, 0.1) is 19.7 Å². The zero-order chi connectivity index (χ0) is 28.6. The molecule has 1 saturated heterocycles. The molecule has 0 aliphatic carbocycles. The molecule has 3 aromatic heterocycles. The van der Waals surface area contributed by atoms with E-state index in [0.717, 1.165) is 65.7 Å². The average molecular weight is 587 g/mol. The van der Waals surface area contributed by atoms with Gasteiger partial charge in [0.2, 0.25) is 0 Å². The van der Waals surface area contributed by atoms with Crippen LogP contribution in [-0.4, -0.2) is 52.9 Å². The van der Waals surface area contributed by atoms with E-state index in [1.807, 2.05) is 37.8 Å². The Kier molecular flexibility index (Phi) is 7.89. The summed E-state index contributed by atoms with van der Waals surface area (Å²) in [5.41, 5.74) is 3.24. The molecule has 1 aromatic carbocycles. The number of halogens is 1. The second kappa shape index (κ2) is 11.2. The molecule has 0 radical (unpaired) electrons. The van der Waals surface area contributed by atoms with Gasteiger partial charge < -0.3 is 14.8 Å². The smallest absolute Gasteiger partial charge is 0.176 e. The number of pyridine rings is 1. The average Bonchev–Trinajstić information content (AvgIpc) is 3.51. The molecule has 212 valence electrons. The fraction of sp³-hybridized carbons (Fsp3) is 0.370. The number of hydrogen-bond acceptors (Lipinski definition) is 9. The molecule has 0 bridgehead atoms. The van der Waals surface area contributed by atoms with Gasteiger partial charge in [-0.25, -0.2) is 22.5 Å². The molecule has 1 aliphatic rings. The van der Waals surface area contributed by atoms with Crippen LogP contribution in [0.25, 0.3) is 11.1 Å². The van der Waals surface area contributed by atoms with Crippen molar-refractivity contribution < 1.29 is 22.3 Å². The molecule has 1 aliphatic heterocycles. The van der Waals surface area contributed by atoms with Crippen molar-refractivity contribution in [3.63, 3.8) is 0 Å². The number of anilines is 2. The summed E-state index contributed by atoms with van der Waals surface area (Å²) < 4.78 is 54.2. The highest BCUT2D eigenvalue weighted by Gasteiger charge is 2.24. The lowest BCUT2D eigenvalue weighted by Gasteiger charge is -2.23. The number of methoxy groups -OCH3 is 1. The third kappa shape index (κ3) is 5.72. The van der Waals surface area contributed by atoms with Crippen molar-refractivity contribution in [2.24, 2.45) is 7.05 Å². The molecule has 1 unspecified atom stereocenters. The topological polar surface area (TPSA) is 113 Å². The Balaban J connectivity index is 1.58. The van der Waals surface area contributed by atoms with E-state index in [1.54, 1.807) is 18.0 Å². The minimum atomic E-state index is -3.54. The molecule has 4 heterocycles. The number of rotatable bonds is 8. The van der Waals surface area contributed by atoms with Gasteiger partial charge in [-0.05, 0) is 56.9 Å². The van der Waals surface area contributed by atoms with Gasteiger partial charge in [-0.3, -0.25) is 4.68 Å². The second-order valence-corrected chi connectivity index (χ2v) is 12.8. The van der Waals surface area contributed by atoms with Crippen molar-refractivity contribution in [1.82, 2.24) is 24.5 Å².